The third-order valence-corrected chi connectivity index (χ3v) is 5.51. The topological polar surface area (TPSA) is 97.1 Å². The summed E-state index contributed by atoms with van der Waals surface area (Å²) in [5, 5.41) is 12.3. The van der Waals surface area contributed by atoms with Crippen LogP contribution in [0.2, 0.25) is 0 Å². The van der Waals surface area contributed by atoms with Gasteiger partial charge in [-0.05, 0) is 37.5 Å². The summed E-state index contributed by atoms with van der Waals surface area (Å²) in [6.07, 6.45) is 1.80. The van der Waals surface area contributed by atoms with Crippen LogP contribution in [-0.2, 0) is 28.6 Å². The van der Waals surface area contributed by atoms with Crippen LogP contribution in [0.15, 0.2) is 0 Å². The maximum absolute atomic E-state index is 12.4. The molecule has 5 atom stereocenters. The number of nitrogens with zero attached hydrogens (tertiary/aromatic N) is 1. The minimum atomic E-state index is -1.000. The van der Waals surface area contributed by atoms with Crippen LogP contribution in [0.3, 0.4) is 0 Å². The maximum Gasteiger partial charge on any atom is 0.405 e. The minimum absolute atomic E-state index is 0.0784. The molecule has 0 amide bonds. The highest BCUT2D eigenvalue weighted by Gasteiger charge is 2.50. The fourth-order valence-electron chi connectivity index (χ4n) is 4.08. The smallest absolute Gasteiger partial charge is 0.405 e. The highest BCUT2D eigenvalue weighted by molar-refractivity contribution is 6.35. The fraction of sp³-hybridized carbons (Fsp3) is 0.850. The second-order valence-electron chi connectivity index (χ2n) is 7.95. The van der Waals surface area contributed by atoms with E-state index in [-0.39, 0.29) is 36.4 Å². The first kappa shape index (κ1) is 22.5. The third-order valence-electron chi connectivity index (χ3n) is 5.51. The van der Waals surface area contributed by atoms with Crippen LogP contribution < -0.4 is 0 Å². The Morgan fingerprint density at radius 2 is 2.00 bits per heavy atom. The van der Waals surface area contributed by atoms with Gasteiger partial charge in [0.2, 0.25) is 6.29 Å². The van der Waals surface area contributed by atoms with Crippen molar-refractivity contribution in [1.29, 1.82) is 0 Å². The molecule has 1 aliphatic heterocycles. The predicted molar refractivity (Wildman–Crippen MR) is 101 cm³/mol. The second-order valence-corrected chi connectivity index (χ2v) is 7.95. The SMILES string of the molecule is CCOC(=O)/C([C@@H]1CC(=O)O[C@H]1O[C@H]1C[C@@H](C)CC[C@@H]1C(C)C)=[N+](/[O-])OCC. The van der Waals surface area contributed by atoms with E-state index >= 15 is 0 Å². The molecule has 0 unspecified atom stereocenters. The molecule has 0 aromatic rings. The molecule has 1 aliphatic carbocycles. The van der Waals surface area contributed by atoms with Crippen molar-refractivity contribution in [3.05, 3.63) is 5.21 Å². The molecule has 2 aliphatic rings. The van der Waals surface area contributed by atoms with Gasteiger partial charge in [-0.3, -0.25) is 10.0 Å². The Hall–Kier alpha value is -1.83. The lowest BCUT2D eigenvalue weighted by Crippen LogP contribution is -2.43. The van der Waals surface area contributed by atoms with Crippen molar-refractivity contribution >= 4 is 17.7 Å². The van der Waals surface area contributed by atoms with Crippen molar-refractivity contribution in [2.45, 2.75) is 72.7 Å². The standard InChI is InChI=1S/C20H33NO7/c1-6-25-19(23)18(21(24)26-7-2)15-11-17(22)28-20(15)27-16-10-13(5)8-9-14(16)12(3)4/h12-16,20H,6-11H2,1-5H3/b21-18-/t13-,14+,15-,16-,20+/m0/s1. The van der Waals surface area contributed by atoms with Gasteiger partial charge in [-0.25, -0.2) is 4.79 Å². The molecule has 8 nitrogen and oxygen atoms in total. The van der Waals surface area contributed by atoms with E-state index in [9.17, 15) is 14.8 Å². The molecule has 2 rings (SSSR count). The lowest BCUT2D eigenvalue weighted by Gasteiger charge is -2.38. The Kier molecular flexibility index (Phi) is 8.10. The van der Waals surface area contributed by atoms with Crippen LogP contribution in [0.4, 0.5) is 0 Å². The molecule has 1 saturated carbocycles. The van der Waals surface area contributed by atoms with E-state index in [0.29, 0.717) is 17.8 Å². The van der Waals surface area contributed by atoms with Crippen molar-refractivity contribution in [2.75, 3.05) is 13.2 Å². The number of esters is 2. The quantitative estimate of drug-likeness (QED) is 0.268. The average molecular weight is 399 g/mol. The monoisotopic (exact) mass is 399 g/mol. The Morgan fingerprint density at radius 3 is 2.61 bits per heavy atom. The second kappa shape index (κ2) is 10.1. The maximum atomic E-state index is 12.4. The predicted octanol–water partition coefficient (Wildman–Crippen LogP) is 2.82. The van der Waals surface area contributed by atoms with Gasteiger partial charge in [-0.1, -0.05) is 34.1 Å². The van der Waals surface area contributed by atoms with E-state index in [4.69, 9.17) is 19.0 Å². The molecule has 0 radical (unpaired) electrons. The minimum Gasteiger partial charge on any atom is -0.458 e. The van der Waals surface area contributed by atoms with Gasteiger partial charge in [-0.15, -0.1) is 0 Å². The molecule has 1 saturated heterocycles. The number of carbonyl (C=O) groups excluding carboxylic acids is 2. The number of carbonyl (C=O) groups is 2. The molecular formula is C20H33NO7. The van der Waals surface area contributed by atoms with E-state index in [0.717, 1.165) is 19.3 Å². The molecule has 0 spiro atoms. The largest absolute Gasteiger partial charge is 0.458 e. The Labute approximate surface area is 166 Å². The Bertz CT molecular complexity index is 589. The van der Waals surface area contributed by atoms with Gasteiger partial charge in [0.15, 0.2) is 0 Å². The molecule has 0 aromatic heterocycles. The van der Waals surface area contributed by atoms with Crippen molar-refractivity contribution in [1.82, 2.24) is 0 Å². The summed E-state index contributed by atoms with van der Waals surface area (Å²) in [5.74, 6) is -0.936. The number of ether oxygens (including phenoxy) is 3. The molecule has 1 heterocycles. The van der Waals surface area contributed by atoms with Gasteiger partial charge in [0.1, 0.15) is 5.92 Å². The van der Waals surface area contributed by atoms with E-state index in [1.807, 2.05) is 0 Å². The summed E-state index contributed by atoms with van der Waals surface area (Å²) < 4.78 is 16.6. The molecule has 2 fully saturated rings. The van der Waals surface area contributed by atoms with E-state index < -0.39 is 24.1 Å². The number of cyclic esters (lactones) is 1. The third kappa shape index (κ3) is 5.37. The lowest BCUT2D eigenvalue weighted by molar-refractivity contribution is -0.741. The summed E-state index contributed by atoms with van der Waals surface area (Å²) in [7, 11) is 0. The van der Waals surface area contributed by atoms with E-state index in [1.165, 1.54) is 0 Å². The summed E-state index contributed by atoms with van der Waals surface area (Å²) in [6, 6.07) is 0. The van der Waals surface area contributed by atoms with Crippen molar-refractivity contribution in [2.24, 2.45) is 23.7 Å². The normalized spacial score (nSPS) is 31.4. The van der Waals surface area contributed by atoms with Crippen LogP contribution >= 0.6 is 0 Å². The Morgan fingerprint density at radius 1 is 1.29 bits per heavy atom. The molecule has 0 bridgehead atoms. The van der Waals surface area contributed by atoms with E-state index in [2.05, 4.69) is 20.8 Å². The average Bonchev–Trinajstić information content (AvgIpc) is 2.95. The van der Waals surface area contributed by atoms with Crippen LogP contribution in [0.5, 0.6) is 0 Å². The first-order valence-corrected chi connectivity index (χ1v) is 10.3. The molecule has 28 heavy (non-hydrogen) atoms. The first-order chi connectivity index (χ1) is 13.3. The number of rotatable bonds is 8. The van der Waals surface area contributed by atoms with Crippen LogP contribution in [-0.4, -0.2) is 48.2 Å². The molecule has 160 valence electrons. The van der Waals surface area contributed by atoms with Gasteiger partial charge in [0, 0.05) is 4.90 Å². The first-order valence-electron chi connectivity index (χ1n) is 10.3. The van der Waals surface area contributed by atoms with Crippen LogP contribution in [0.1, 0.15) is 60.3 Å². The van der Waals surface area contributed by atoms with Crippen LogP contribution in [0, 0.1) is 28.9 Å². The van der Waals surface area contributed by atoms with Crippen molar-refractivity contribution in [3.8, 4) is 0 Å². The zero-order valence-corrected chi connectivity index (χ0v) is 17.5. The van der Waals surface area contributed by atoms with Gasteiger partial charge in [0.05, 0.1) is 25.7 Å². The highest BCUT2D eigenvalue weighted by atomic mass is 16.9. The summed E-state index contributed by atoms with van der Waals surface area (Å²) in [5.41, 5.74) is -0.287. The van der Waals surface area contributed by atoms with E-state index in [1.54, 1.807) is 13.8 Å². The molecule has 0 aromatic carbocycles. The van der Waals surface area contributed by atoms with Gasteiger partial charge < -0.3 is 19.0 Å². The van der Waals surface area contributed by atoms with Gasteiger partial charge in [-0.2, -0.15) is 0 Å². The molecule has 0 N–H and O–H groups in total. The molecule has 8 heteroatoms. The lowest BCUT2D eigenvalue weighted by atomic mass is 9.75. The Balaban J connectivity index is 2.27. The van der Waals surface area contributed by atoms with Crippen molar-refractivity contribution < 1.29 is 33.5 Å². The summed E-state index contributed by atoms with van der Waals surface area (Å²) in [6.45, 7) is 9.94. The van der Waals surface area contributed by atoms with Gasteiger partial charge >= 0.3 is 17.7 Å². The zero-order valence-electron chi connectivity index (χ0n) is 17.5. The van der Waals surface area contributed by atoms with Crippen molar-refractivity contribution in [3.63, 3.8) is 0 Å². The molecular weight excluding hydrogens is 366 g/mol. The highest BCUT2D eigenvalue weighted by Crippen LogP contribution is 2.38. The summed E-state index contributed by atoms with van der Waals surface area (Å²) >= 11 is 0. The fourth-order valence-corrected chi connectivity index (χ4v) is 4.08. The van der Waals surface area contributed by atoms with Crippen LogP contribution in [0.25, 0.3) is 0 Å². The van der Waals surface area contributed by atoms with Gasteiger partial charge in [0.25, 0.3) is 0 Å². The summed E-state index contributed by atoms with van der Waals surface area (Å²) in [4.78, 5) is 29.5. The zero-order chi connectivity index (χ0) is 20.8. The number of hydrogen-bond acceptors (Lipinski definition) is 7. The number of hydrogen-bond donors (Lipinski definition) is 0.